The van der Waals surface area contributed by atoms with Crippen LogP contribution in [-0.2, 0) is 0 Å². The first-order chi connectivity index (χ1) is 13.9. The first-order valence-electron chi connectivity index (χ1n) is 9.88. The van der Waals surface area contributed by atoms with Crippen molar-refractivity contribution in [2.24, 2.45) is 0 Å². The van der Waals surface area contributed by atoms with Crippen LogP contribution in [0.3, 0.4) is 0 Å². The van der Waals surface area contributed by atoms with Crippen molar-refractivity contribution < 1.29 is 0 Å². The Morgan fingerprint density at radius 2 is 1.93 bits per heavy atom. The van der Waals surface area contributed by atoms with E-state index in [9.17, 15) is 0 Å². The topological polar surface area (TPSA) is 78.9 Å². The van der Waals surface area contributed by atoms with Gasteiger partial charge in [-0.3, -0.25) is 4.98 Å². The maximum Gasteiger partial charge on any atom is 0.223 e. The van der Waals surface area contributed by atoms with Gasteiger partial charge in [0.1, 0.15) is 5.82 Å². The molecule has 7 nitrogen and oxygen atoms in total. The van der Waals surface area contributed by atoms with Gasteiger partial charge in [0.25, 0.3) is 0 Å². The summed E-state index contributed by atoms with van der Waals surface area (Å²) in [6, 6.07) is 5.96. The summed E-state index contributed by atoms with van der Waals surface area (Å²) < 4.78 is 0. The number of aromatic nitrogens is 4. The predicted octanol–water partition coefficient (Wildman–Crippen LogP) is 3.56. The third kappa shape index (κ3) is 3.29. The molecule has 0 unspecified atom stereocenters. The van der Waals surface area contributed by atoms with Crippen molar-refractivity contribution in [1.82, 2.24) is 24.8 Å². The Morgan fingerprint density at radius 1 is 1.00 bits per heavy atom. The van der Waals surface area contributed by atoms with E-state index in [2.05, 4.69) is 30.5 Å². The maximum absolute atomic E-state index is 4.85. The van der Waals surface area contributed by atoms with Crippen LogP contribution in [0.5, 0.6) is 0 Å². The van der Waals surface area contributed by atoms with E-state index >= 15 is 0 Å². The van der Waals surface area contributed by atoms with Crippen molar-refractivity contribution in [2.45, 2.75) is 19.3 Å². The Hall–Kier alpha value is -3.06. The number of anilines is 3. The Balaban J connectivity index is 1.42. The highest BCUT2D eigenvalue weighted by atomic mass is 15.1. The Kier molecular flexibility index (Phi) is 4.58. The zero-order valence-electron chi connectivity index (χ0n) is 15.7. The Bertz CT molecular complexity index is 982. The number of pyridine rings is 2. The van der Waals surface area contributed by atoms with E-state index in [-0.39, 0.29) is 0 Å². The summed E-state index contributed by atoms with van der Waals surface area (Å²) in [7, 11) is 0. The zero-order valence-corrected chi connectivity index (χ0v) is 15.7. The van der Waals surface area contributed by atoms with Gasteiger partial charge in [-0.05, 0) is 57.1 Å². The molecule has 1 saturated heterocycles. The normalized spacial score (nSPS) is 15.1. The van der Waals surface area contributed by atoms with Crippen LogP contribution >= 0.6 is 0 Å². The fourth-order valence-electron chi connectivity index (χ4n) is 3.93. The van der Waals surface area contributed by atoms with E-state index in [1.807, 2.05) is 30.6 Å². The molecule has 0 spiro atoms. The summed E-state index contributed by atoms with van der Waals surface area (Å²) in [6.45, 7) is 4.48. The predicted molar refractivity (Wildman–Crippen MR) is 111 cm³/mol. The molecule has 0 aromatic carbocycles. The fraction of sp³-hybridized carbons (Fsp3) is 0.333. The quantitative estimate of drug-likeness (QED) is 0.518. The van der Waals surface area contributed by atoms with E-state index in [4.69, 9.17) is 4.98 Å². The fourth-order valence-corrected chi connectivity index (χ4v) is 3.93. The van der Waals surface area contributed by atoms with Gasteiger partial charge in [-0.15, -0.1) is 0 Å². The van der Waals surface area contributed by atoms with Crippen molar-refractivity contribution in [3.63, 3.8) is 0 Å². The minimum absolute atomic E-state index is 0.660. The van der Waals surface area contributed by atoms with Crippen molar-refractivity contribution in [3.8, 4) is 22.4 Å². The molecule has 0 atom stereocenters. The van der Waals surface area contributed by atoms with Crippen molar-refractivity contribution >= 4 is 17.5 Å². The van der Waals surface area contributed by atoms with Crippen LogP contribution in [0, 0.1) is 0 Å². The van der Waals surface area contributed by atoms with Crippen LogP contribution in [0.25, 0.3) is 22.4 Å². The van der Waals surface area contributed by atoms with Crippen LogP contribution in [0.4, 0.5) is 17.5 Å². The average Bonchev–Trinajstić information content (AvgIpc) is 3.21. The Labute approximate surface area is 164 Å². The molecule has 2 aliphatic heterocycles. The van der Waals surface area contributed by atoms with E-state index < -0.39 is 0 Å². The van der Waals surface area contributed by atoms with Crippen molar-refractivity contribution in [1.29, 1.82) is 0 Å². The smallest absolute Gasteiger partial charge is 0.223 e. The summed E-state index contributed by atoms with van der Waals surface area (Å²) in [5.74, 6) is 1.45. The summed E-state index contributed by atoms with van der Waals surface area (Å²) in [4.78, 5) is 20.7. The molecule has 0 amide bonds. The number of likely N-dealkylation sites (tertiary alicyclic amines) is 1. The van der Waals surface area contributed by atoms with Crippen LogP contribution in [0.2, 0.25) is 0 Å². The summed E-state index contributed by atoms with van der Waals surface area (Å²) >= 11 is 0. The molecule has 5 rings (SSSR count). The molecular weight excluding hydrogens is 350 g/mol. The summed E-state index contributed by atoms with van der Waals surface area (Å²) in [6.07, 6.45) is 11.0. The summed E-state index contributed by atoms with van der Waals surface area (Å²) in [5, 5.41) is 6.78. The molecule has 7 heteroatoms. The third-order valence-electron chi connectivity index (χ3n) is 5.35. The number of hydrogen-bond donors (Lipinski definition) is 2. The highest BCUT2D eigenvalue weighted by Crippen LogP contribution is 2.41. The molecule has 142 valence electrons. The van der Waals surface area contributed by atoms with Crippen molar-refractivity contribution in [2.75, 3.05) is 36.8 Å². The van der Waals surface area contributed by atoms with Gasteiger partial charge in [0.15, 0.2) is 0 Å². The first kappa shape index (κ1) is 17.1. The van der Waals surface area contributed by atoms with Gasteiger partial charge in [0.05, 0.1) is 17.6 Å². The molecule has 3 aromatic rings. The second-order valence-corrected chi connectivity index (χ2v) is 7.23. The minimum Gasteiger partial charge on any atom is -0.354 e. The van der Waals surface area contributed by atoms with Crippen LogP contribution < -0.4 is 10.6 Å². The lowest BCUT2D eigenvalue weighted by Crippen LogP contribution is -2.22. The molecule has 0 saturated carbocycles. The van der Waals surface area contributed by atoms with E-state index in [0.29, 0.717) is 5.95 Å². The Morgan fingerprint density at radius 3 is 2.86 bits per heavy atom. The van der Waals surface area contributed by atoms with Gasteiger partial charge < -0.3 is 15.5 Å². The molecule has 0 bridgehead atoms. The SMILES string of the molecule is c1cnc2c(c1)-c1nc(NCCCN3CCCC3)ncc1-c1ccncc1N2. The minimum atomic E-state index is 0.660. The standard InChI is InChI=1S/C21H23N7/c1-2-11-28(10-1)12-4-8-24-21-25-13-17-15-6-9-22-14-18(15)26-20-16(19(17)27-21)5-3-7-23-20/h3,5-7,9,13-14H,1-2,4,8,10-12H2,(H,23,26)(H,24,25,27). The highest BCUT2D eigenvalue weighted by Gasteiger charge is 2.22. The summed E-state index contributed by atoms with van der Waals surface area (Å²) in [5.41, 5.74) is 4.78. The van der Waals surface area contributed by atoms with Crippen LogP contribution in [0.15, 0.2) is 43.0 Å². The van der Waals surface area contributed by atoms with Gasteiger partial charge in [0, 0.05) is 41.8 Å². The van der Waals surface area contributed by atoms with Gasteiger partial charge in [-0.2, -0.15) is 0 Å². The third-order valence-corrected chi connectivity index (χ3v) is 5.35. The van der Waals surface area contributed by atoms with Crippen molar-refractivity contribution in [3.05, 3.63) is 43.0 Å². The van der Waals surface area contributed by atoms with E-state index in [1.165, 1.54) is 25.9 Å². The lowest BCUT2D eigenvalue weighted by atomic mass is 10.0. The number of hydrogen-bond acceptors (Lipinski definition) is 7. The van der Waals surface area contributed by atoms with Gasteiger partial charge in [-0.1, -0.05) is 0 Å². The molecule has 5 heterocycles. The van der Waals surface area contributed by atoms with Gasteiger partial charge in [-0.25, -0.2) is 15.0 Å². The van der Waals surface area contributed by atoms with Gasteiger partial charge >= 0.3 is 0 Å². The molecule has 0 radical (unpaired) electrons. The van der Waals surface area contributed by atoms with E-state index in [1.54, 1.807) is 12.4 Å². The molecule has 2 N–H and O–H groups in total. The number of rotatable bonds is 5. The number of nitrogens with zero attached hydrogens (tertiary/aromatic N) is 5. The largest absolute Gasteiger partial charge is 0.354 e. The molecule has 1 fully saturated rings. The molecule has 3 aromatic heterocycles. The second kappa shape index (κ2) is 7.52. The maximum atomic E-state index is 4.85. The zero-order chi connectivity index (χ0) is 18.8. The first-order valence-corrected chi connectivity index (χ1v) is 9.88. The second-order valence-electron chi connectivity index (χ2n) is 7.23. The molecule has 0 aliphatic carbocycles. The number of nitrogens with one attached hydrogen (secondary N) is 2. The molecule has 2 aliphatic rings. The monoisotopic (exact) mass is 373 g/mol. The lowest BCUT2D eigenvalue weighted by molar-refractivity contribution is 0.337. The number of fused-ring (bicyclic) bond motifs is 5. The lowest BCUT2D eigenvalue weighted by Gasteiger charge is -2.15. The van der Waals surface area contributed by atoms with E-state index in [0.717, 1.165) is 53.4 Å². The molecule has 28 heavy (non-hydrogen) atoms. The van der Waals surface area contributed by atoms with Crippen LogP contribution in [0.1, 0.15) is 19.3 Å². The van der Waals surface area contributed by atoms with Crippen LogP contribution in [-0.4, -0.2) is 51.0 Å². The average molecular weight is 373 g/mol. The highest BCUT2D eigenvalue weighted by molar-refractivity contribution is 5.95. The van der Waals surface area contributed by atoms with Gasteiger partial charge in [0.2, 0.25) is 5.95 Å². The molecular formula is C21H23N7.